The van der Waals surface area contributed by atoms with E-state index in [1.807, 2.05) is 6.20 Å². The molecule has 0 saturated heterocycles. The summed E-state index contributed by atoms with van der Waals surface area (Å²) in [5.74, 6) is 1.74. The topological polar surface area (TPSA) is 37.8 Å². The highest BCUT2D eigenvalue weighted by molar-refractivity contribution is 5.85. The van der Waals surface area contributed by atoms with Crippen LogP contribution in [0.5, 0.6) is 0 Å². The van der Waals surface area contributed by atoms with Gasteiger partial charge in [-0.25, -0.2) is 9.97 Å². The molecule has 2 heterocycles. The van der Waals surface area contributed by atoms with Crippen molar-refractivity contribution in [1.82, 2.24) is 15.3 Å². The molecule has 0 atom stereocenters. The Hall–Kier alpha value is -0.670. The number of hydrogen-bond acceptors (Lipinski definition) is 3. The summed E-state index contributed by atoms with van der Waals surface area (Å²) < 4.78 is 0. The second-order valence-corrected chi connectivity index (χ2v) is 3.58. The molecule has 1 aromatic rings. The quantitative estimate of drug-likeness (QED) is 0.739. The van der Waals surface area contributed by atoms with Gasteiger partial charge in [0.25, 0.3) is 0 Å². The SMILES string of the molecule is Cl.c1nc(C2CC2)nc2c1CNC2. The van der Waals surface area contributed by atoms with Crippen LogP contribution >= 0.6 is 12.4 Å². The Morgan fingerprint density at radius 1 is 1.31 bits per heavy atom. The van der Waals surface area contributed by atoms with Crippen LogP contribution in [0, 0.1) is 0 Å². The van der Waals surface area contributed by atoms with Gasteiger partial charge in [0.15, 0.2) is 0 Å². The van der Waals surface area contributed by atoms with Gasteiger partial charge in [-0.05, 0) is 12.8 Å². The number of aromatic nitrogens is 2. The number of halogens is 1. The summed E-state index contributed by atoms with van der Waals surface area (Å²) >= 11 is 0. The van der Waals surface area contributed by atoms with Crippen molar-refractivity contribution in [3.63, 3.8) is 0 Å². The molecule has 0 unspecified atom stereocenters. The molecule has 1 aliphatic heterocycles. The molecule has 13 heavy (non-hydrogen) atoms. The van der Waals surface area contributed by atoms with Crippen LogP contribution in [0.15, 0.2) is 6.20 Å². The summed E-state index contributed by atoms with van der Waals surface area (Å²) in [5.41, 5.74) is 2.49. The van der Waals surface area contributed by atoms with Gasteiger partial charge in [0.2, 0.25) is 0 Å². The molecule has 0 radical (unpaired) electrons. The Morgan fingerprint density at radius 2 is 2.15 bits per heavy atom. The molecule has 1 N–H and O–H groups in total. The minimum absolute atomic E-state index is 0. The van der Waals surface area contributed by atoms with Crippen molar-refractivity contribution in [3.05, 3.63) is 23.3 Å². The van der Waals surface area contributed by atoms with Gasteiger partial charge in [-0.3, -0.25) is 0 Å². The average Bonchev–Trinajstić information content (AvgIpc) is 2.84. The van der Waals surface area contributed by atoms with Gasteiger partial charge >= 0.3 is 0 Å². The summed E-state index contributed by atoms with van der Waals surface area (Å²) in [6.45, 7) is 1.87. The Morgan fingerprint density at radius 3 is 2.92 bits per heavy atom. The monoisotopic (exact) mass is 197 g/mol. The molecule has 0 aromatic carbocycles. The minimum atomic E-state index is 0. The first-order valence-corrected chi connectivity index (χ1v) is 4.49. The van der Waals surface area contributed by atoms with Gasteiger partial charge in [0.1, 0.15) is 5.82 Å². The van der Waals surface area contributed by atoms with Crippen LogP contribution in [-0.4, -0.2) is 9.97 Å². The number of hydrogen-bond donors (Lipinski definition) is 1. The Kier molecular flexibility index (Phi) is 2.22. The number of nitrogens with one attached hydrogen (secondary N) is 1. The fraction of sp³-hybridized carbons (Fsp3) is 0.556. The molecule has 70 valence electrons. The summed E-state index contributed by atoms with van der Waals surface area (Å²) in [7, 11) is 0. The fourth-order valence-corrected chi connectivity index (χ4v) is 1.61. The zero-order chi connectivity index (χ0) is 7.97. The minimum Gasteiger partial charge on any atom is -0.307 e. The lowest BCUT2D eigenvalue weighted by Crippen LogP contribution is -2.00. The van der Waals surface area contributed by atoms with Crippen molar-refractivity contribution < 1.29 is 0 Å². The lowest BCUT2D eigenvalue weighted by atomic mass is 10.2. The van der Waals surface area contributed by atoms with E-state index in [2.05, 4.69) is 15.3 Å². The number of fused-ring (bicyclic) bond motifs is 1. The lowest BCUT2D eigenvalue weighted by molar-refractivity contribution is 0.755. The first-order chi connectivity index (χ1) is 5.93. The predicted molar refractivity (Wildman–Crippen MR) is 51.8 cm³/mol. The zero-order valence-electron chi connectivity index (χ0n) is 7.29. The van der Waals surface area contributed by atoms with E-state index in [9.17, 15) is 0 Å². The standard InChI is InChI=1S/C9H11N3.ClH/c1-2-6(1)9-11-4-7-3-10-5-8(7)12-9;/h4,6,10H,1-3,5H2;1H. The van der Waals surface area contributed by atoms with E-state index in [0.29, 0.717) is 5.92 Å². The largest absolute Gasteiger partial charge is 0.307 e. The molecule has 1 aromatic heterocycles. The van der Waals surface area contributed by atoms with Gasteiger partial charge in [-0.1, -0.05) is 0 Å². The first kappa shape index (κ1) is 8.91. The molecule has 0 bridgehead atoms. The molecule has 1 saturated carbocycles. The van der Waals surface area contributed by atoms with Crippen molar-refractivity contribution in [1.29, 1.82) is 0 Å². The molecule has 4 heteroatoms. The van der Waals surface area contributed by atoms with Gasteiger partial charge in [0.05, 0.1) is 5.69 Å². The first-order valence-electron chi connectivity index (χ1n) is 4.49. The number of rotatable bonds is 1. The fourth-order valence-electron chi connectivity index (χ4n) is 1.61. The van der Waals surface area contributed by atoms with Crippen LogP contribution in [0.1, 0.15) is 35.8 Å². The summed E-state index contributed by atoms with van der Waals surface area (Å²) in [6, 6.07) is 0. The van der Waals surface area contributed by atoms with Crippen LogP contribution in [0.25, 0.3) is 0 Å². The normalized spacial score (nSPS) is 19.4. The van der Waals surface area contributed by atoms with E-state index in [1.54, 1.807) is 0 Å². The molecule has 3 nitrogen and oxygen atoms in total. The van der Waals surface area contributed by atoms with Crippen LogP contribution in [-0.2, 0) is 13.1 Å². The predicted octanol–water partition coefficient (Wildman–Crippen LogP) is 1.38. The molecule has 2 aliphatic rings. The second kappa shape index (κ2) is 3.24. The van der Waals surface area contributed by atoms with E-state index in [0.717, 1.165) is 18.9 Å². The summed E-state index contributed by atoms with van der Waals surface area (Å²) in [5, 5.41) is 3.27. The highest BCUT2D eigenvalue weighted by Gasteiger charge is 2.27. The molecule has 0 amide bonds. The summed E-state index contributed by atoms with van der Waals surface area (Å²) in [4.78, 5) is 8.90. The van der Waals surface area contributed by atoms with E-state index in [1.165, 1.54) is 24.1 Å². The molecular formula is C9H12ClN3. The maximum Gasteiger partial charge on any atom is 0.131 e. The highest BCUT2D eigenvalue weighted by atomic mass is 35.5. The number of nitrogens with zero attached hydrogens (tertiary/aromatic N) is 2. The van der Waals surface area contributed by atoms with Crippen LogP contribution in [0.3, 0.4) is 0 Å². The van der Waals surface area contributed by atoms with Gasteiger partial charge in [0, 0.05) is 30.8 Å². The third-order valence-corrected chi connectivity index (χ3v) is 2.52. The van der Waals surface area contributed by atoms with E-state index in [4.69, 9.17) is 0 Å². The van der Waals surface area contributed by atoms with Crippen molar-refractivity contribution in [3.8, 4) is 0 Å². The van der Waals surface area contributed by atoms with Crippen molar-refractivity contribution in [2.75, 3.05) is 0 Å². The smallest absolute Gasteiger partial charge is 0.131 e. The Bertz CT molecular complexity index is 323. The highest BCUT2D eigenvalue weighted by Crippen LogP contribution is 2.38. The maximum absolute atomic E-state index is 4.54. The average molecular weight is 198 g/mol. The van der Waals surface area contributed by atoms with Gasteiger partial charge < -0.3 is 5.32 Å². The van der Waals surface area contributed by atoms with Crippen molar-refractivity contribution >= 4 is 12.4 Å². The van der Waals surface area contributed by atoms with E-state index < -0.39 is 0 Å². The zero-order valence-corrected chi connectivity index (χ0v) is 8.10. The summed E-state index contributed by atoms with van der Waals surface area (Å²) in [6.07, 6.45) is 4.55. The molecular weight excluding hydrogens is 186 g/mol. The van der Waals surface area contributed by atoms with Crippen LogP contribution in [0.2, 0.25) is 0 Å². The molecule has 1 aliphatic carbocycles. The van der Waals surface area contributed by atoms with Crippen molar-refractivity contribution in [2.45, 2.75) is 31.8 Å². The Balaban J connectivity index is 0.000000653. The second-order valence-electron chi connectivity index (χ2n) is 3.58. The van der Waals surface area contributed by atoms with Gasteiger partial charge in [-0.2, -0.15) is 0 Å². The molecule has 3 rings (SSSR count). The van der Waals surface area contributed by atoms with Gasteiger partial charge in [-0.15, -0.1) is 12.4 Å². The Labute approximate surface area is 83.4 Å². The third-order valence-electron chi connectivity index (χ3n) is 2.52. The lowest BCUT2D eigenvalue weighted by Gasteiger charge is -1.99. The third kappa shape index (κ3) is 1.54. The van der Waals surface area contributed by atoms with E-state index in [-0.39, 0.29) is 12.4 Å². The van der Waals surface area contributed by atoms with Crippen molar-refractivity contribution in [2.24, 2.45) is 0 Å². The van der Waals surface area contributed by atoms with E-state index >= 15 is 0 Å². The maximum atomic E-state index is 4.54. The molecule has 1 fully saturated rings. The van der Waals surface area contributed by atoms with Crippen LogP contribution in [0.4, 0.5) is 0 Å². The van der Waals surface area contributed by atoms with Crippen LogP contribution < -0.4 is 5.32 Å². The molecule has 0 spiro atoms.